The van der Waals surface area contributed by atoms with Gasteiger partial charge < -0.3 is 10.4 Å². The lowest BCUT2D eigenvalue weighted by Gasteiger charge is -2.10. The number of nitrogens with one attached hydrogen (secondary N) is 1. The van der Waals surface area contributed by atoms with E-state index in [4.69, 9.17) is 5.11 Å². The van der Waals surface area contributed by atoms with E-state index in [1.807, 2.05) is 11.8 Å². The van der Waals surface area contributed by atoms with Gasteiger partial charge in [-0.2, -0.15) is 11.8 Å². The first kappa shape index (κ1) is 14.9. The van der Waals surface area contributed by atoms with Crippen LogP contribution < -0.4 is 5.32 Å². The van der Waals surface area contributed by atoms with Crippen LogP contribution in [0, 0.1) is 17.7 Å². The molecule has 0 saturated carbocycles. The first-order chi connectivity index (χ1) is 9.70. The summed E-state index contributed by atoms with van der Waals surface area (Å²) >= 11 is 1.84. The van der Waals surface area contributed by atoms with Crippen LogP contribution in [0.2, 0.25) is 0 Å². The first-order valence-corrected chi connectivity index (χ1v) is 7.54. The standard InChI is InChI=1S/C15H16FNO2S/c16-14-6-5-11(3-1-7-18)9-13(14)15(19)17-10-12-4-2-8-20-12/h5-6,9,12,18H,2,4,7-8,10H2,(H,17,19). The van der Waals surface area contributed by atoms with E-state index in [2.05, 4.69) is 17.2 Å². The third-order valence-electron chi connectivity index (χ3n) is 3.04. The summed E-state index contributed by atoms with van der Waals surface area (Å²) in [5.74, 6) is 5.29. The largest absolute Gasteiger partial charge is 0.384 e. The summed E-state index contributed by atoms with van der Waals surface area (Å²) in [5, 5.41) is 11.8. The second-order valence-corrected chi connectivity index (χ2v) is 5.91. The fourth-order valence-corrected chi connectivity index (χ4v) is 3.23. The highest BCUT2D eigenvalue weighted by Gasteiger charge is 2.18. The van der Waals surface area contributed by atoms with Crippen molar-refractivity contribution in [1.29, 1.82) is 0 Å². The van der Waals surface area contributed by atoms with Gasteiger partial charge >= 0.3 is 0 Å². The molecule has 2 rings (SSSR count). The molecule has 3 nitrogen and oxygen atoms in total. The smallest absolute Gasteiger partial charge is 0.254 e. The third-order valence-corrected chi connectivity index (χ3v) is 4.44. The van der Waals surface area contributed by atoms with Gasteiger partial charge in [-0.05, 0) is 36.8 Å². The lowest BCUT2D eigenvalue weighted by atomic mass is 10.1. The maximum absolute atomic E-state index is 13.7. The Bertz CT molecular complexity index is 545. The zero-order chi connectivity index (χ0) is 14.4. The summed E-state index contributed by atoms with van der Waals surface area (Å²) < 4.78 is 13.7. The number of halogens is 1. The Morgan fingerprint density at radius 2 is 2.40 bits per heavy atom. The third kappa shape index (κ3) is 3.99. The second kappa shape index (κ2) is 7.32. The molecule has 20 heavy (non-hydrogen) atoms. The van der Waals surface area contributed by atoms with Crippen molar-refractivity contribution in [1.82, 2.24) is 5.32 Å². The number of carbonyl (C=O) groups is 1. The predicted molar refractivity (Wildman–Crippen MR) is 78.2 cm³/mol. The van der Waals surface area contributed by atoms with Gasteiger partial charge in [0, 0.05) is 17.4 Å². The summed E-state index contributed by atoms with van der Waals surface area (Å²) in [6.45, 7) is 0.299. The van der Waals surface area contributed by atoms with Gasteiger partial charge in [-0.25, -0.2) is 4.39 Å². The predicted octanol–water partition coefficient (Wildman–Crippen LogP) is 1.79. The van der Waals surface area contributed by atoms with E-state index in [0.717, 1.165) is 12.2 Å². The Balaban J connectivity index is 2.03. The molecule has 0 bridgehead atoms. The van der Waals surface area contributed by atoms with Gasteiger partial charge in [0.05, 0.1) is 5.56 Å². The zero-order valence-corrected chi connectivity index (χ0v) is 11.8. The van der Waals surface area contributed by atoms with Crippen LogP contribution in [0.1, 0.15) is 28.8 Å². The number of amides is 1. The van der Waals surface area contributed by atoms with Crippen molar-refractivity contribution in [2.45, 2.75) is 18.1 Å². The number of hydrogen-bond acceptors (Lipinski definition) is 3. The number of hydrogen-bond donors (Lipinski definition) is 2. The molecule has 1 saturated heterocycles. The molecule has 1 unspecified atom stereocenters. The molecular weight excluding hydrogens is 277 g/mol. The monoisotopic (exact) mass is 293 g/mol. The summed E-state index contributed by atoms with van der Waals surface area (Å²) in [4.78, 5) is 12.0. The normalized spacial score (nSPS) is 17.4. The molecule has 1 aliphatic heterocycles. The first-order valence-electron chi connectivity index (χ1n) is 6.50. The van der Waals surface area contributed by atoms with E-state index < -0.39 is 11.7 Å². The van der Waals surface area contributed by atoms with E-state index in [1.165, 1.54) is 24.6 Å². The molecule has 106 valence electrons. The van der Waals surface area contributed by atoms with Crippen LogP contribution in [0.3, 0.4) is 0 Å². The van der Waals surface area contributed by atoms with Crippen molar-refractivity contribution in [3.63, 3.8) is 0 Å². The zero-order valence-electron chi connectivity index (χ0n) is 11.0. The van der Waals surface area contributed by atoms with Gasteiger partial charge in [0.2, 0.25) is 0 Å². The van der Waals surface area contributed by atoms with E-state index in [9.17, 15) is 9.18 Å². The quantitative estimate of drug-likeness (QED) is 0.836. The average molecular weight is 293 g/mol. The van der Waals surface area contributed by atoms with Crippen LogP contribution in [0.25, 0.3) is 0 Å². The van der Waals surface area contributed by atoms with Crippen LogP contribution in [-0.4, -0.2) is 35.2 Å². The van der Waals surface area contributed by atoms with Crippen LogP contribution in [-0.2, 0) is 0 Å². The topological polar surface area (TPSA) is 49.3 Å². The molecule has 0 spiro atoms. The summed E-state index contributed by atoms with van der Waals surface area (Å²) in [6.07, 6.45) is 2.27. The molecule has 1 atom stereocenters. The van der Waals surface area contributed by atoms with Crippen molar-refractivity contribution in [3.8, 4) is 11.8 Å². The molecule has 1 heterocycles. The van der Waals surface area contributed by atoms with E-state index in [-0.39, 0.29) is 12.2 Å². The fraction of sp³-hybridized carbons (Fsp3) is 0.400. The molecule has 1 aliphatic rings. The Kier molecular flexibility index (Phi) is 5.45. The maximum atomic E-state index is 13.7. The van der Waals surface area contributed by atoms with Crippen molar-refractivity contribution in [2.75, 3.05) is 18.9 Å². The van der Waals surface area contributed by atoms with Gasteiger partial charge in [-0.3, -0.25) is 4.79 Å². The fourth-order valence-electron chi connectivity index (χ4n) is 2.03. The van der Waals surface area contributed by atoms with Crippen LogP contribution in [0.15, 0.2) is 18.2 Å². The van der Waals surface area contributed by atoms with Crippen molar-refractivity contribution >= 4 is 17.7 Å². The molecule has 0 aromatic heterocycles. The van der Waals surface area contributed by atoms with Gasteiger partial charge in [0.15, 0.2) is 0 Å². The molecule has 1 aromatic rings. The van der Waals surface area contributed by atoms with Gasteiger partial charge in [-0.1, -0.05) is 11.8 Å². The average Bonchev–Trinajstić information content (AvgIpc) is 2.97. The number of thioether (sulfide) groups is 1. The Labute approximate surface area is 122 Å². The molecule has 1 amide bonds. The lowest BCUT2D eigenvalue weighted by Crippen LogP contribution is -2.30. The van der Waals surface area contributed by atoms with Crippen molar-refractivity contribution < 1.29 is 14.3 Å². The highest BCUT2D eigenvalue weighted by molar-refractivity contribution is 8.00. The number of rotatable bonds is 3. The molecule has 1 fully saturated rings. The number of carbonyl (C=O) groups excluding carboxylic acids is 1. The number of benzene rings is 1. The molecule has 1 aromatic carbocycles. The van der Waals surface area contributed by atoms with E-state index in [0.29, 0.717) is 17.4 Å². The van der Waals surface area contributed by atoms with Gasteiger partial charge in [-0.15, -0.1) is 0 Å². The van der Waals surface area contributed by atoms with E-state index >= 15 is 0 Å². The molecular formula is C15H16FNO2S. The van der Waals surface area contributed by atoms with Crippen LogP contribution in [0.5, 0.6) is 0 Å². The highest BCUT2D eigenvalue weighted by atomic mass is 32.2. The molecule has 2 N–H and O–H groups in total. The molecule has 5 heteroatoms. The summed E-state index contributed by atoms with van der Waals surface area (Å²) in [5.41, 5.74) is 0.513. The van der Waals surface area contributed by atoms with Crippen molar-refractivity contribution in [2.24, 2.45) is 0 Å². The minimum absolute atomic E-state index is 0.00210. The van der Waals surface area contributed by atoms with Gasteiger partial charge in [0.25, 0.3) is 5.91 Å². The van der Waals surface area contributed by atoms with Crippen LogP contribution in [0.4, 0.5) is 4.39 Å². The Hall–Kier alpha value is -1.51. The molecule has 0 aliphatic carbocycles. The summed E-state index contributed by atoms with van der Waals surface area (Å²) in [6, 6.07) is 4.12. The van der Waals surface area contributed by atoms with E-state index in [1.54, 1.807) is 0 Å². The van der Waals surface area contributed by atoms with Crippen molar-refractivity contribution in [3.05, 3.63) is 35.1 Å². The second-order valence-electron chi connectivity index (χ2n) is 4.50. The SMILES string of the molecule is O=C(NCC1CCCS1)c1cc(C#CCO)ccc1F. The van der Waals surface area contributed by atoms with Crippen LogP contribution >= 0.6 is 11.8 Å². The Morgan fingerprint density at radius 1 is 1.55 bits per heavy atom. The molecule has 0 radical (unpaired) electrons. The Morgan fingerprint density at radius 3 is 3.10 bits per heavy atom. The lowest BCUT2D eigenvalue weighted by molar-refractivity contribution is 0.0949. The summed E-state index contributed by atoms with van der Waals surface area (Å²) in [7, 11) is 0. The minimum Gasteiger partial charge on any atom is -0.384 e. The highest BCUT2D eigenvalue weighted by Crippen LogP contribution is 2.25. The maximum Gasteiger partial charge on any atom is 0.254 e. The number of aliphatic hydroxyl groups excluding tert-OH is 1. The van der Waals surface area contributed by atoms with Gasteiger partial charge in [0.1, 0.15) is 12.4 Å². The number of aliphatic hydroxyl groups is 1. The minimum atomic E-state index is -0.559.